The Balaban J connectivity index is 1.46. The number of fused-ring (bicyclic) bond motifs is 2. The predicted molar refractivity (Wildman–Crippen MR) is 164 cm³/mol. The van der Waals surface area contributed by atoms with Crippen LogP contribution in [0.1, 0.15) is 78.4 Å². The van der Waals surface area contributed by atoms with E-state index < -0.39 is 0 Å². The van der Waals surface area contributed by atoms with E-state index in [0.29, 0.717) is 0 Å². The molecule has 0 saturated heterocycles. The Morgan fingerprint density at radius 3 is 2.29 bits per heavy atom. The molecule has 0 N–H and O–H groups in total. The molecular formula is C35H42ClN2+. The Morgan fingerprint density at radius 2 is 1.55 bits per heavy atom. The van der Waals surface area contributed by atoms with Gasteiger partial charge in [-0.05, 0) is 62.0 Å². The van der Waals surface area contributed by atoms with E-state index in [1.165, 1.54) is 45.1 Å². The summed E-state index contributed by atoms with van der Waals surface area (Å²) >= 11 is 7.03. The number of para-hydroxylation sites is 2. The summed E-state index contributed by atoms with van der Waals surface area (Å²) in [7, 11) is 0. The molecule has 2 aromatic carbocycles. The number of nitrogens with zero attached hydrogens (tertiary/aromatic N) is 2. The molecule has 0 atom stereocenters. The highest BCUT2D eigenvalue weighted by Crippen LogP contribution is 2.48. The first-order valence-electron chi connectivity index (χ1n) is 14.3. The van der Waals surface area contributed by atoms with Crippen LogP contribution in [0.4, 0.5) is 11.4 Å². The van der Waals surface area contributed by atoms with Crippen molar-refractivity contribution < 1.29 is 4.58 Å². The third-order valence-electron chi connectivity index (χ3n) is 8.61. The minimum atomic E-state index is -0.0250. The average Bonchev–Trinajstić information content (AvgIpc) is 3.43. The van der Waals surface area contributed by atoms with Gasteiger partial charge in [-0.25, -0.2) is 0 Å². The highest BCUT2D eigenvalue weighted by atomic mass is 35.5. The Hall–Kier alpha value is -2.84. The van der Waals surface area contributed by atoms with Gasteiger partial charge in [-0.1, -0.05) is 87.8 Å². The van der Waals surface area contributed by atoms with Crippen LogP contribution in [0.25, 0.3) is 0 Å². The zero-order valence-corrected chi connectivity index (χ0v) is 24.7. The number of allylic oxidation sites excluding steroid dienone is 8. The summed E-state index contributed by atoms with van der Waals surface area (Å²) in [6, 6.07) is 17.7. The monoisotopic (exact) mass is 525 g/mol. The lowest BCUT2D eigenvalue weighted by atomic mass is 9.81. The van der Waals surface area contributed by atoms with E-state index in [1.807, 2.05) is 0 Å². The fraction of sp³-hybridized carbons (Fsp3) is 0.400. The molecule has 2 heterocycles. The van der Waals surface area contributed by atoms with E-state index in [0.717, 1.165) is 43.8 Å². The van der Waals surface area contributed by atoms with Crippen LogP contribution in [-0.4, -0.2) is 23.4 Å². The van der Waals surface area contributed by atoms with Crippen molar-refractivity contribution >= 4 is 28.7 Å². The molecule has 2 aliphatic heterocycles. The first-order valence-corrected chi connectivity index (χ1v) is 14.7. The normalized spacial score (nSPS) is 21.9. The number of rotatable bonds is 7. The molecule has 0 radical (unpaired) electrons. The molecule has 2 aromatic rings. The molecule has 198 valence electrons. The van der Waals surface area contributed by atoms with Crippen LogP contribution in [0.5, 0.6) is 0 Å². The number of hydrogen-bond donors (Lipinski definition) is 0. The molecular weight excluding hydrogens is 484 g/mol. The number of anilines is 1. The summed E-state index contributed by atoms with van der Waals surface area (Å²) in [5.41, 5.74) is 10.6. The first-order chi connectivity index (χ1) is 18.2. The van der Waals surface area contributed by atoms with Crippen molar-refractivity contribution in [2.75, 3.05) is 18.0 Å². The maximum Gasteiger partial charge on any atom is 0.209 e. The fourth-order valence-corrected chi connectivity index (χ4v) is 6.89. The van der Waals surface area contributed by atoms with Crippen LogP contribution in [0.15, 0.2) is 94.7 Å². The SMILES string of the molecule is CCCN1C(=CC=C2CCC(C=CC3=[N+](CCC)c4ccccc4C3(C)C)=C2Cl)C(C)(C)c2ccccc21. The van der Waals surface area contributed by atoms with E-state index in [-0.39, 0.29) is 10.8 Å². The molecule has 5 rings (SSSR count). The quantitative estimate of drug-likeness (QED) is 0.326. The summed E-state index contributed by atoms with van der Waals surface area (Å²) in [6.45, 7) is 15.9. The molecule has 0 spiro atoms. The molecule has 0 bridgehead atoms. The second-order valence-electron chi connectivity index (χ2n) is 11.9. The van der Waals surface area contributed by atoms with Gasteiger partial charge in [0, 0.05) is 52.5 Å². The van der Waals surface area contributed by atoms with E-state index in [4.69, 9.17) is 11.6 Å². The maximum absolute atomic E-state index is 7.03. The number of hydrogen-bond acceptors (Lipinski definition) is 1. The van der Waals surface area contributed by atoms with Crippen molar-refractivity contribution in [3.63, 3.8) is 0 Å². The molecule has 0 fully saturated rings. The van der Waals surface area contributed by atoms with Gasteiger partial charge in [-0.15, -0.1) is 0 Å². The molecule has 0 saturated carbocycles. The number of halogens is 1. The van der Waals surface area contributed by atoms with Gasteiger partial charge in [0.2, 0.25) is 5.69 Å². The smallest absolute Gasteiger partial charge is 0.209 e. The van der Waals surface area contributed by atoms with Crippen molar-refractivity contribution in [1.29, 1.82) is 0 Å². The standard InChI is InChI=1S/C35H42ClN2/c1-7-23-37-29-15-11-9-13-27(29)34(3,4)31(37)21-19-25-17-18-26(33(25)36)20-22-32-35(5,6)28-14-10-12-16-30(28)38(32)24-8-2/h9-16,19-22H,7-8,17-18,23-24H2,1-6H3/q+1. The molecule has 3 aliphatic rings. The molecule has 0 unspecified atom stereocenters. The summed E-state index contributed by atoms with van der Waals surface area (Å²) in [6.07, 6.45) is 13.4. The first kappa shape index (κ1) is 26.8. The Kier molecular flexibility index (Phi) is 7.31. The zero-order chi connectivity index (χ0) is 27.1. The van der Waals surface area contributed by atoms with E-state index in [2.05, 4.69) is 124 Å². The van der Waals surface area contributed by atoms with Gasteiger partial charge in [0.05, 0.1) is 5.41 Å². The van der Waals surface area contributed by atoms with Crippen LogP contribution >= 0.6 is 11.6 Å². The lowest BCUT2D eigenvalue weighted by Gasteiger charge is -2.26. The van der Waals surface area contributed by atoms with Gasteiger partial charge < -0.3 is 4.90 Å². The summed E-state index contributed by atoms with van der Waals surface area (Å²) in [5, 5.41) is 0.921. The minimum Gasteiger partial charge on any atom is -0.344 e. The Morgan fingerprint density at radius 1 is 0.842 bits per heavy atom. The van der Waals surface area contributed by atoms with Gasteiger partial charge in [-0.3, -0.25) is 0 Å². The van der Waals surface area contributed by atoms with Crippen molar-refractivity contribution in [3.05, 3.63) is 106 Å². The average molecular weight is 526 g/mol. The van der Waals surface area contributed by atoms with Crippen LogP contribution in [0.2, 0.25) is 0 Å². The van der Waals surface area contributed by atoms with Crippen molar-refractivity contribution in [3.8, 4) is 0 Å². The zero-order valence-electron chi connectivity index (χ0n) is 23.9. The maximum atomic E-state index is 7.03. The van der Waals surface area contributed by atoms with Crippen LogP contribution < -0.4 is 4.90 Å². The highest BCUT2D eigenvalue weighted by Gasteiger charge is 2.44. The summed E-state index contributed by atoms with van der Waals surface area (Å²) in [4.78, 5) is 2.50. The van der Waals surface area contributed by atoms with E-state index in [1.54, 1.807) is 0 Å². The van der Waals surface area contributed by atoms with Crippen molar-refractivity contribution in [2.45, 2.75) is 78.1 Å². The summed E-state index contributed by atoms with van der Waals surface area (Å²) < 4.78 is 2.50. The lowest BCUT2D eigenvalue weighted by molar-refractivity contribution is -0.437. The number of benzene rings is 2. The topological polar surface area (TPSA) is 6.25 Å². The summed E-state index contributed by atoms with van der Waals surface area (Å²) in [5.74, 6) is 0. The third kappa shape index (κ3) is 4.41. The molecule has 1 aliphatic carbocycles. The molecule has 0 aromatic heterocycles. The van der Waals surface area contributed by atoms with Crippen molar-refractivity contribution in [1.82, 2.24) is 0 Å². The second-order valence-corrected chi connectivity index (χ2v) is 12.3. The Labute approximate surface area is 234 Å². The Bertz CT molecular complexity index is 1400. The molecule has 3 heteroatoms. The van der Waals surface area contributed by atoms with Gasteiger partial charge in [0.1, 0.15) is 6.54 Å². The fourth-order valence-electron chi connectivity index (χ4n) is 6.58. The van der Waals surface area contributed by atoms with Gasteiger partial charge in [0.15, 0.2) is 5.71 Å². The van der Waals surface area contributed by atoms with E-state index >= 15 is 0 Å². The van der Waals surface area contributed by atoms with Gasteiger partial charge in [-0.2, -0.15) is 4.58 Å². The lowest BCUT2D eigenvalue weighted by Crippen LogP contribution is -2.27. The van der Waals surface area contributed by atoms with Crippen LogP contribution in [-0.2, 0) is 10.8 Å². The van der Waals surface area contributed by atoms with Crippen LogP contribution in [0.3, 0.4) is 0 Å². The molecule has 0 amide bonds. The predicted octanol–water partition coefficient (Wildman–Crippen LogP) is 9.33. The van der Waals surface area contributed by atoms with Gasteiger partial charge in [0.25, 0.3) is 0 Å². The molecule has 38 heavy (non-hydrogen) atoms. The minimum absolute atomic E-state index is 0.0250. The van der Waals surface area contributed by atoms with Crippen molar-refractivity contribution in [2.24, 2.45) is 0 Å². The second kappa shape index (κ2) is 10.4. The molecule has 2 nitrogen and oxygen atoms in total. The van der Waals surface area contributed by atoms with Crippen LogP contribution in [0, 0.1) is 0 Å². The van der Waals surface area contributed by atoms with Gasteiger partial charge >= 0.3 is 0 Å². The van der Waals surface area contributed by atoms with E-state index in [9.17, 15) is 0 Å². The third-order valence-corrected chi connectivity index (χ3v) is 9.09. The highest BCUT2D eigenvalue weighted by molar-refractivity contribution is 6.33. The largest absolute Gasteiger partial charge is 0.344 e.